The molecule has 0 aliphatic carbocycles. The monoisotopic (exact) mass is 290 g/mol. The van der Waals surface area contributed by atoms with Gasteiger partial charge < -0.3 is 5.73 Å². The van der Waals surface area contributed by atoms with Crippen molar-refractivity contribution in [2.75, 3.05) is 5.73 Å². The van der Waals surface area contributed by atoms with Crippen molar-refractivity contribution in [1.29, 1.82) is 5.26 Å². The quantitative estimate of drug-likeness (QED) is 0.781. The van der Waals surface area contributed by atoms with Crippen molar-refractivity contribution in [2.24, 2.45) is 7.05 Å². The van der Waals surface area contributed by atoms with Crippen molar-refractivity contribution < 1.29 is 0 Å². The summed E-state index contributed by atoms with van der Waals surface area (Å²) in [6, 6.07) is 5.89. The standard InChI is InChI=1S/C16H14N6/c1-10-14(11-4-3-5-19-7-11)13(6-17)16(18)21-15(10)12-8-20-22(2)9-12/h3-5,7-9H,1-2H3,(H2,18,21). The van der Waals surface area contributed by atoms with E-state index in [0.29, 0.717) is 5.56 Å². The van der Waals surface area contributed by atoms with Gasteiger partial charge in [-0.3, -0.25) is 9.67 Å². The van der Waals surface area contributed by atoms with Crippen LogP contribution in [0.2, 0.25) is 0 Å². The van der Waals surface area contributed by atoms with Crippen LogP contribution in [0.5, 0.6) is 0 Å². The first-order valence-electron chi connectivity index (χ1n) is 6.71. The molecule has 0 atom stereocenters. The molecule has 108 valence electrons. The van der Waals surface area contributed by atoms with Gasteiger partial charge >= 0.3 is 0 Å². The summed E-state index contributed by atoms with van der Waals surface area (Å²) in [5.74, 6) is 0.214. The summed E-state index contributed by atoms with van der Waals surface area (Å²) in [6.45, 7) is 1.93. The molecule has 3 rings (SSSR count). The molecule has 3 heterocycles. The number of hydrogen-bond donors (Lipinski definition) is 1. The highest BCUT2D eigenvalue weighted by atomic mass is 15.2. The van der Waals surface area contributed by atoms with Gasteiger partial charge in [-0.15, -0.1) is 0 Å². The van der Waals surface area contributed by atoms with E-state index in [2.05, 4.69) is 21.1 Å². The zero-order valence-corrected chi connectivity index (χ0v) is 12.3. The lowest BCUT2D eigenvalue weighted by Gasteiger charge is -2.13. The minimum atomic E-state index is 0.214. The third-order valence-corrected chi connectivity index (χ3v) is 3.51. The number of nitrogens with zero attached hydrogens (tertiary/aromatic N) is 5. The smallest absolute Gasteiger partial charge is 0.142 e. The molecule has 22 heavy (non-hydrogen) atoms. The normalized spacial score (nSPS) is 10.4. The lowest BCUT2D eigenvalue weighted by molar-refractivity contribution is 0.768. The Bertz CT molecular complexity index is 874. The number of nitrogens with two attached hydrogens (primary N) is 1. The third kappa shape index (κ3) is 2.19. The van der Waals surface area contributed by atoms with Crippen LogP contribution in [0.15, 0.2) is 36.9 Å². The molecule has 0 amide bonds. The van der Waals surface area contributed by atoms with Crippen LogP contribution in [0.3, 0.4) is 0 Å². The Kier molecular flexibility index (Phi) is 3.31. The summed E-state index contributed by atoms with van der Waals surface area (Å²) in [5.41, 5.74) is 10.5. The molecule has 0 bridgehead atoms. The predicted octanol–water partition coefficient (Wildman–Crippen LogP) is 2.31. The first kappa shape index (κ1) is 13.8. The van der Waals surface area contributed by atoms with Crippen molar-refractivity contribution in [3.8, 4) is 28.5 Å². The fourth-order valence-corrected chi connectivity index (χ4v) is 2.50. The van der Waals surface area contributed by atoms with Crippen LogP contribution in [-0.2, 0) is 7.05 Å². The van der Waals surface area contributed by atoms with Gasteiger partial charge in [-0.1, -0.05) is 6.07 Å². The van der Waals surface area contributed by atoms with Gasteiger partial charge in [0.1, 0.15) is 17.5 Å². The van der Waals surface area contributed by atoms with Crippen LogP contribution in [0.25, 0.3) is 22.4 Å². The minimum absolute atomic E-state index is 0.214. The van der Waals surface area contributed by atoms with Crippen LogP contribution in [-0.4, -0.2) is 19.7 Å². The minimum Gasteiger partial charge on any atom is -0.383 e. The van der Waals surface area contributed by atoms with Gasteiger partial charge in [0.05, 0.1) is 11.9 Å². The van der Waals surface area contributed by atoms with Crippen LogP contribution >= 0.6 is 0 Å². The summed E-state index contributed by atoms with van der Waals surface area (Å²) in [5, 5.41) is 13.6. The zero-order valence-electron chi connectivity index (χ0n) is 12.3. The van der Waals surface area contributed by atoms with E-state index >= 15 is 0 Å². The van der Waals surface area contributed by atoms with Crippen molar-refractivity contribution in [1.82, 2.24) is 19.7 Å². The largest absolute Gasteiger partial charge is 0.383 e. The molecule has 6 heteroatoms. The molecule has 0 saturated heterocycles. The van der Waals surface area contributed by atoms with Crippen LogP contribution in [0, 0.1) is 18.3 Å². The van der Waals surface area contributed by atoms with Crippen molar-refractivity contribution in [2.45, 2.75) is 6.92 Å². The zero-order chi connectivity index (χ0) is 15.7. The van der Waals surface area contributed by atoms with E-state index in [1.807, 2.05) is 32.3 Å². The van der Waals surface area contributed by atoms with Gasteiger partial charge in [0.25, 0.3) is 0 Å². The van der Waals surface area contributed by atoms with E-state index in [9.17, 15) is 5.26 Å². The number of nitriles is 1. The summed E-state index contributed by atoms with van der Waals surface area (Å²) in [6.07, 6.45) is 7.01. The Hall–Kier alpha value is -3.20. The summed E-state index contributed by atoms with van der Waals surface area (Å²) in [4.78, 5) is 8.52. The van der Waals surface area contributed by atoms with Crippen molar-refractivity contribution in [3.63, 3.8) is 0 Å². The predicted molar refractivity (Wildman–Crippen MR) is 83.5 cm³/mol. The highest BCUT2D eigenvalue weighted by Gasteiger charge is 2.18. The molecule has 0 spiro atoms. The number of nitrogen functional groups attached to an aromatic ring is 1. The molecular weight excluding hydrogens is 276 g/mol. The Balaban J connectivity index is 2.33. The summed E-state index contributed by atoms with van der Waals surface area (Å²) >= 11 is 0. The van der Waals surface area contributed by atoms with Crippen LogP contribution < -0.4 is 5.73 Å². The van der Waals surface area contributed by atoms with E-state index in [1.165, 1.54) is 0 Å². The molecular formula is C16H14N6. The average Bonchev–Trinajstić information content (AvgIpc) is 2.96. The number of pyridine rings is 2. The molecule has 3 aromatic rings. The Morgan fingerprint density at radius 3 is 2.68 bits per heavy atom. The van der Waals surface area contributed by atoms with Crippen molar-refractivity contribution >= 4 is 5.82 Å². The molecule has 0 aliphatic heterocycles. The van der Waals surface area contributed by atoms with Gasteiger partial charge in [0.15, 0.2) is 0 Å². The molecule has 0 aliphatic rings. The second-order valence-corrected chi connectivity index (χ2v) is 4.98. The first-order chi connectivity index (χ1) is 10.6. The SMILES string of the molecule is Cc1c(-c2cnn(C)c2)nc(N)c(C#N)c1-c1cccnc1. The van der Waals surface area contributed by atoms with Gasteiger partial charge in [-0.25, -0.2) is 4.98 Å². The second kappa shape index (κ2) is 5.30. The molecule has 3 aromatic heterocycles. The van der Waals surface area contributed by atoms with E-state index < -0.39 is 0 Å². The van der Waals surface area contributed by atoms with E-state index in [-0.39, 0.29) is 5.82 Å². The van der Waals surface area contributed by atoms with Gasteiger partial charge in [0, 0.05) is 42.3 Å². The highest BCUT2D eigenvalue weighted by Crippen LogP contribution is 2.35. The number of rotatable bonds is 2. The molecule has 0 unspecified atom stereocenters. The molecule has 0 fully saturated rings. The average molecular weight is 290 g/mol. The maximum atomic E-state index is 9.44. The maximum Gasteiger partial charge on any atom is 0.142 e. The van der Waals surface area contributed by atoms with E-state index in [0.717, 1.165) is 27.9 Å². The van der Waals surface area contributed by atoms with Crippen LogP contribution in [0.4, 0.5) is 5.82 Å². The van der Waals surface area contributed by atoms with Crippen molar-refractivity contribution in [3.05, 3.63) is 48.0 Å². The molecule has 0 radical (unpaired) electrons. The number of aryl methyl sites for hydroxylation is 1. The fraction of sp³-hybridized carbons (Fsp3) is 0.125. The Labute approximate surface area is 127 Å². The Morgan fingerprint density at radius 1 is 1.27 bits per heavy atom. The molecule has 2 N–H and O–H groups in total. The fourth-order valence-electron chi connectivity index (χ4n) is 2.50. The lowest BCUT2D eigenvalue weighted by atomic mass is 9.94. The van der Waals surface area contributed by atoms with E-state index in [4.69, 9.17) is 5.73 Å². The third-order valence-electron chi connectivity index (χ3n) is 3.51. The number of anilines is 1. The summed E-state index contributed by atoms with van der Waals surface area (Å²) in [7, 11) is 1.84. The van der Waals surface area contributed by atoms with Gasteiger partial charge in [0.2, 0.25) is 0 Å². The number of hydrogen-bond acceptors (Lipinski definition) is 5. The van der Waals surface area contributed by atoms with Gasteiger partial charge in [-0.2, -0.15) is 10.4 Å². The number of aromatic nitrogens is 4. The summed E-state index contributed by atoms with van der Waals surface area (Å²) < 4.78 is 1.70. The lowest BCUT2D eigenvalue weighted by Crippen LogP contribution is -2.03. The molecule has 0 aromatic carbocycles. The molecule has 0 saturated carbocycles. The second-order valence-electron chi connectivity index (χ2n) is 4.98. The van der Waals surface area contributed by atoms with Gasteiger partial charge in [-0.05, 0) is 18.6 Å². The first-order valence-corrected chi connectivity index (χ1v) is 6.71. The topological polar surface area (TPSA) is 93.4 Å². The van der Waals surface area contributed by atoms with E-state index in [1.54, 1.807) is 23.3 Å². The maximum absolute atomic E-state index is 9.44. The Morgan fingerprint density at radius 2 is 2.09 bits per heavy atom. The van der Waals surface area contributed by atoms with Crippen LogP contribution in [0.1, 0.15) is 11.1 Å². The highest BCUT2D eigenvalue weighted by molar-refractivity contribution is 5.83. The molecule has 6 nitrogen and oxygen atoms in total.